The van der Waals surface area contributed by atoms with Gasteiger partial charge in [0.1, 0.15) is 17.2 Å². The quantitative estimate of drug-likeness (QED) is 0.606. The lowest BCUT2D eigenvalue weighted by Crippen LogP contribution is -2.48. The summed E-state index contributed by atoms with van der Waals surface area (Å²) in [6, 6.07) is 6.64. The zero-order valence-corrected chi connectivity index (χ0v) is 15.6. The van der Waals surface area contributed by atoms with Crippen LogP contribution in [0.15, 0.2) is 36.4 Å². The molecule has 1 saturated heterocycles. The molecule has 0 aliphatic carbocycles. The lowest BCUT2D eigenvalue weighted by atomic mass is 10.1. The van der Waals surface area contributed by atoms with E-state index in [1.807, 2.05) is 4.90 Å². The predicted octanol–water partition coefficient (Wildman–Crippen LogP) is 2.18. The van der Waals surface area contributed by atoms with E-state index < -0.39 is 34.7 Å². The number of tetrazole rings is 1. The van der Waals surface area contributed by atoms with Crippen molar-refractivity contribution in [2.24, 2.45) is 0 Å². The number of amides is 1. The third kappa shape index (κ3) is 3.88. The van der Waals surface area contributed by atoms with Gasteiger partial charge in [-0.05, 0) is 34.7 Å². The summed E-state index contributed by atoms with van der Waals surface area (Å²) in [5.74, 6) is -4.07. The van der Waals surface area contributed by atoms with Gasteiger partial charge < -0.3 is 4.90 Å². The number of nitrogens with zero attached hydrogens (tertiary/aromatic N) is 6. The largest absolute Gasteiger partial charge is 0.336 e. The van der Waals surface area contributed by atoms with Gasteiger partial charge in [0.15, 0.2) is 17.5 Å². The van der Waals surface area contributed by atoms with Gasteiger partial charge in [0.05, 0.1) is 12.2 Å². The predicted molar refractivity (Wildman–Crippen MR) is 96.6 cm³/mol. The Bertz CT molecular complexity index is 1060. The summed E-state index contributed by atoms with van der Waals surface area (Å²) in [4.78, 5) is 15.8. The average molecular weight is 420 g/mol. The average Bonchev–Trinajstić information content (AvgIpc) is 3.18. The topological polar surface area (TPSA) is 67.2 Å². The van der Waals surface area contributed by atoms with E-state index in [-0.39, 0.29) is 18.8 Å². The van der Waals surface area contributed by atoms with Crippen molar-refractivity contribution in [1.29, 1.82) is 0 Å². The van der Waals surface area contributed by atoms with Crippen LogP contribution in [0, 0.1) is 23.3 Å². The van der Waals surface area contributed by atoms with Crippen molar-refractivity contribution in [3.05, 3.63) is 71.1 Å². The van der Waals surface area contributed by atoms with Crippen molar-refractivity contribution < 1.29 is 22.4 Å². The Morgan fingerprint density at radius 2 is 1.60 bits per heavy atom. The molecule has 30 heavy (non-hydrogen) atoms. The Labute approximate surface area is 168 Å². The highest BCUT2D eigenvalue weighted by Gasteiger charge is 2.27. The fourth-order valence-corrected chi connectivity index (χ4v) is 3.29. The maximum Gasteiger partial charge on any atom is 0.259 e. The molecule has 3 aromatic rings. The number of carbonyl (C=O) groups is 1. The van der Waals surface area contributed by atoms with E-state index >= 15 is 0 Å². The zero-order valence-electron chi connectivity index (χ0n) is 15.6. The summed E-state index contributed by atoms with van der Waals surface area (Å²) in [5.41, 5.74) is -0.286. The highest BCUT2D eigenvalue weighted by molar-refractivity contribution is 5.94. The third-order valence-corrected chi connectivity index (χ3v) is 4.88. The Kier molecular flexibility index (Phi) is 5.44. The van der Waals surface area contributed by atoms with Crippen LogP contribution in [0.4, 0.5) is 17.6 Å². The number of rotatable bonds is 4. The molecule has 2 heterocycles. The fourth-order valence-electron chi connectivity index (χ4n) is 3.29. The molecule has 0 bridgehead atoms. The normalized spacial score (nSPS) is 14.9. The van der Waals surface area contributed by atoms with Crippen LogP contribution in [0.3, 0.4) is 0 Å². The number of piperazine rings is 1. The molecule has 1 aromatic heterocycles. The lowest BCUT2D eigenvalue weighted by Gasteiger charge is -2.34. The Morgan fingerprint density at radius 3 is 2.27 bits per heavy atom. The Hall–Kier alpha value is -3.34. The monoisotopic (exact) mass is 420 g/mol. The van der Waals surface area contributed by atoms with Gasteiger partial charge in [-0.3, -0.25) is 9.69 Å². The van der Waals surface area contributed by atoms with Crippen LogP contribution in [-0.2, 0) is 6.54 Å². The summed E-state index contributed by atoms with van der Waals surface area (Å²) in [7, 11) is 0. The number of benzene rings is 2. The molecule has 0 radical (unpaired) electrons. The van der Waals surface area contributed by atoms with Crippen LogP contribution in [-0.4, -0.2) is 62.1 Å². The second-order valence-electron chi connectivity index (χ2n) is 6.77. The summed E-state index contributed by atoms with van der Waals surface area (Å²) >= 11 is 0. The molecule has 4 rings (SSSR count). The molecule has 0 saturated carbocycles. The maximum absolute atomic E-state index is 13.9. The summed E-state index contributed by atoms with van der Waals surface area (Å²) < 4.78 is 55.7. The minimum Gasteiger partial charge on any atom is -0.336 e. The van der Waals surface area contributed by atoms with Gasteiger partial charge in [-0.15, -0.1) is 5.10 Å². The first-order valence-corrected chi connectivity index (χ1v) is 9.12. The van der Waals surface area contributed by atoms with E-state index in [0.717, 1.165) is 24.3 Å². The molecule has 7 nitrogen and oxygen atoms in total. The van der Waals surface area contributed by atoms with Crippen molar-refractivity contribution in [3.8, 4) is 5.69 Å². The van der Waals surface area contributed by atoms with Crippen LogP contribution in [0.2, 0.25) is 0 Å². The van der Waals surface area contributed by atoms with Crippen LogP contribution >= 0.6 is 0 Å². The molecule has 2 aromatic carbocycles. The van der Waals surface area contributed by atoms with E-state index in [9.17, 15) is 22.4 Å². The first-order valence-electron chi connectivity index (χ1n) is 9.12. The molecule has 1 aliphatic heterocycles. The van der Waals surface area contributed by atoms with E-state index in [2.05, 4.69) is 15.5 Å². The number of halogens is 4. The highest BCUT2D eigenvalue weighted by Crippen LogP contribution is 2.18. The smallest absolute Gasteiger partial charge is 0.259 e. The molecule has 156 valence electrons. The molecule has 1 fully saturated rings. The number of hydrogen-bond acceptors (Lipinski definition) is 5. The van der Waals surface area contributed by atoms with Crippen molar-refractivity contribution >= 4 is 5.91 Å². The molecule has 0 N–H and O–H groups in total. The SMILES string of the molecule is O=C(c1c(F)cccc1F)N1CCN(Cc2nnnn2-c2ccc(F)c(F)c2)CC1. The number of carbonyl (C=O) groups excluding carboxylic acids is 1. The van der Waals surface area contributed by atoms with Crippen molar-refractivity contribution in [1.82, 2.24) is 30.0 Å². The fraction of sp³-hybridized carbons (Fsp3) is 0.263. The van der Waals surface area contributed by atoms with Crippen molar-refractivity contribution in [3.63, 3.8) is 0 Å². The van der Waals surface area contributed by atoms with Crippen LogP contribution in [0.5, 0.6) is 0 Å². The van der Waals surface area contributed by atoms with Crippen LogP contribution < -0.4 is 0 Å². The van der Waals surface area contributed by atoms with Gasteiger partial charge in [-0.2, -0.15) is 4.68 Å². The highest BCUT2D eigenvalue weighted by atomic mass is 19.2. The van der Waals surface area contributed by atoms with Crippen molar-refractivity contribution in [2.45, 2.75) is 6.54 Å². The van der Waals surface area contributed by atoms with Crippen LogP contribution in [0.1, 0.15) is 16.2 Å². The summed E-state index contributed by atoms with van der Waals surface area (Å²) in [6.45, 7) is 1.67. The van der Waals surface area contributed by atoms with Gasteiger partial charge >= 0.3 is 0 Å². The van der Waals surface area contributed by atoms with Crippen LogP contribution in [0.25, 0.3) is 5.69 Å². The molecule has 0 atom stereocenters. The Balaban J connectivity index is 1.42. The maximum atomic E-state index is 13.9. The van der Waals surface area contributed by atoms with E-state index in [0.29, 0.717) is 25.5 Å². The summed E-state index contributed by atoms with van der Waals surface area (Å²) in [6.07, 6.45) is 0. The molecule has 0 unspecified atom stereocenters. The van der Waals surface area contributed by atoms with E-state index in [1.165, 1.54) is 21.7 Å². The second-order valence-corrected chi connectivity index (χ2v) is 6.77. The standard InChI is InChI=1S/C19H16F4N6O/c20-13-5-4-12(10-16(13)23)29-17(24-25-26-29)11-27-6-8-28(9-7-27)19(30)18-14(21)2-1-3-15(18)22/h1-5,10H,6-9,11H2. The minimum absolute atomic E-state index is 0.263. The second kappa shape index (κ2) is 8.19. The Morgan fingerprint density at radius 1 is 0.900 bits per heavy atom. The zero-order chi connectivity index (χ0) is 21.3. The van der Waals surface area contributed by atoms with E-state index in [4.69, 9.17) is 0 Å². The van der Waals surface area contributed by atoms with Gasteiger partial charge in [-0.1, -0.05) is 6.07 Å². The molecule has 1 aliphatic rings. The molecule has 11 heteroatoms. The van der Waals surface area contributed by atoms with Gasteiger partial charge in [0, 0.05) is 32.2 Å². The van der Waals surface area contributed by atoms with Crippen molar-refractivity contribution in [2.75, 3.05) is 26.2 Å². The summed E-state index contributed by atoms with van der Waals surface area (Å²) in [5, 5.41) is 11.3. The molecule has 1 amide bonds. The first kappa shape index (κ1) is 20.0. The van der Waals surface area contributed by atoms with E-state index in [1.54, 1.807) is 0 Å². The van der Waals surface area contributed by atoms with Gasteiger partial charge in [0.2, 0.25) is 0 Å². The molecular formula is C19H16F4N6O. The third-order valence-electron chi connectivity index (χ3n) is 4.88. The lowest BCUT2D eigenvalue weighted by molar-refractivity contribution is 0.0615. The minimum atomic E-state index is -1.01. The van der Waals surface area contributed by atoms with Gasteiger partial charge in [0.25, 0.3) is 5.91 Å². The number of aromatic nitrogens is 4. The number of hydrogen-bond donors (Lipinski definition) is 0. The molecular weight excluding hydrogens is 404 g/mol. The van der Waals surface area contributed by atoms with Gasteiger partial charge in [-0.25, -0.2) is 17.6 Å². The first-order chi connectivity index (χ1) is 14.4. The molecule has 0 spiro atoms.